The van der Waals surface area contributed by atoms with E-state index in [1.165, 1.54) is 17.4 Å². The zero-order chi connectivity index (χ0) is 12.4. The number of hydrogen-bond acceptors (Lipinski definition) is 2. The number of carbonyl (C=O) groups excluding carboxylic acids is 1. The summed E-state index contributed by atoms with van der Waals surface area (Å²) in [7, 11) is 0. The first kappa shape index (κ1) is 12.5. The van der Waals surface area contributed by atoms with Crippen molar-refractivity contribution in [3.63, 3.8) is 0 Å². The minimum absolute atomic E-state index is 0.0473. The third-order valence-corrected chi connectivity index (χ3v) is 4.62. The first-order valence-electron chi connectivity index (χ1n) is 5.10. The molecule has 1 nitrogen and oxygen atoms in total. The summed E-state index contributed by atoms with van der Waals surface area (Å²) >= 11 is 4.80. The van der Waals surface area contributed by atoms with E-state index >= 15 is 0 Å². The standard InChI is InChI=1S/C13H10BrFOS/c1-8-10(14)7-13(17-8)12(16)6-9-4-2-3-5-11(9)15/h2-5,7H,6H2,1H3. The normalized spacial score (nSPS) is 10.5. The van der Waals surface area contributed by atoms with Gasteiger partial charge in [-0.25, -0.2) is 4.39 Å². The molecule has 4 heteroatoms. The lowest BCUT2D eigenvalue weighted by molar-refractivity contribution is 0.0995. The molecular formula is C13H10BrFOS. The third kappa shape index (κ3) is 2.82. The summed E-state index contributed by atoms with van der Waals surface area (Å²) in [5.74, 6) is -0.373. The summed E-state index contributed by atoms with van der Waals surface area (Å²) in [5.41, 5.74) is 0.444. The predicted octanol–water partition coefficient (Wildman–Crippen LogP) is 4.38. The Morgan fingerprint density at radius 1 is 1.41 bits per heavy atom. The maximum atomic E-state index is 13.4. The highest BCUT2D eigenvalue weighted by atomic mass is 79.9. The average molecular weight is 313 g/mol. The Balaban J connectivity index is 2.20. The molecule has 0 saturated carbocycles. The van der Waals surface area contributed by atoms with Crippen molar-refractivity contribution in [2.45, 2.75) is 13.3 Å². The van der Waals surface area contributed by atoms with Gasteiger partial charge in [0.2, 0.25) is 0 Å². The first-order chi connectivity index (χ1) is 8.08. The van der Waals surface area contributed by atoms with Crippen LogP contribution in [0.5, 0.6) is 0 Å². The van der Waals surface area contributed by atoms with Crippen LogP contribution < -0.4 is 0 Å². The van der Waals surface area contributed by atoms with Gasteiger partial charge in [-0.3, -0.25) is 4.79 Å². The number of aryl methyl sites for hydroxylation is 1. The van der Waals surface area contributed by atoms with E-state index in [1.807, 2.05) is 6.92 Å². The fourth-order valence-corrected chi connectivity index (χ4v) is 2.97. The molecule has 0 bridgehead atoms. The van der Waals surface area contributed by atoms with Crippen LogP contribution in [0.1, 0.15) is 20.1 Å². The van der Waals surface area contributed by atoms with E-state index in [4.69, 9.17) is 0 Å². The Morgan fingerprint density at radius 2 is 2.12 bits per heavy atom. The van der Waals surface area contributed by atoms with Gasteiger partial charge in [0, 0.05) is 15.8 Å². The van der Waals surface area contributed by atoms with E-state index in [9.17, 15) is 9.18 Å². The van der Waals surface area contributed by atoms with Crippen LogP contribution in [0.25, 0.3) is 0 Å². The maximum absolute atomic E-state index is 13.4. The number of halogens is 2. The van der Waals surface area contributed by atoms with Gasteiger partial charge in [-0.2, -0.15) is 0 Å². The van der Waals surface area contributed by atoms with Crippen molar-refractivity contribution in [1.82, 2.24) is 0 Å². The second kappa shape index (κ2) is 5.10. The monoisotopic (exact) mass is 312 g/mol. The topological polar surface area (TPSA) is 17.1 Å². The smallest absolute Gasteiger partial charge is 0.177 e. The molecule has 0 atom stereocenters. The predicted molar refractivity (Wildman–Crippen MR) is 71.2 cm³/mol. The summed E-state index contributed by atoms with van der Waals surface area (Å²) in [6.07, 6.45) is 0.110. The maximum Gasteiger partial charge on any atom is 0.177 e. The molecule has 0 aliphatic rings. The molecule has 0 N–H and O–H groups in total. The van der Waals surface area contributed by atoms with Gasteiger partial charge in [0.1, 0.15) is 5.82 Å². The van der Waals surface area contributed by atoms with Gasteiger partial charge in [-0.15, -0.1) is 11.3 Å². The minimum atomic E-state index is -0.326. The summed E-state index contributed by atoms with van der Waals surface area (Å²) < 4.78 is 14.3. The summed E-state index contributed by atoms with van der Waals surface area (Å²) in [6, 6.07) is 8.17. The van der Waals surface area contributed by atoms with E-state index in [0.717, 1.165) is 9.35 Å². The molecule has 17 heavy (non-hydrogen) atoms. The molecule has 0 amide bonds. The molecule has 0 aliphatic heterocycles. The molecule has 0 aliphatic carbocycles. The van der Waals surface area contributed by atoms with Crippen LogP contribution in [-0.4, -0.2) is 5.78 Å². The number of Topliss-reactive ketones (excluding diaryl/α,β-unsaturated/α-hetero) is 1. The van der Waals surface area contributed by atoms with Crippen molar-refractivity contribution in [2.24, 2.45) is 0 Å². The molecule has 1 aromatic carbocycles. The molecule has 0 saturated heterocycles. The average Bonchev–Trinajstić information content (AvgIpc) is 2.63. The highest BCUT2D eigenvalue weighted by molar-refractivity contribution is 9.10. The van der Waals surface area contributed by atoms with E-state index < -0.39 is 0 Å². The van der Waals surface area contributed by atoms with Crippen molar-refractivity contribution in [1.29, 1.82) is 0 Å². The van der Waals surface area contributed by atoms with Crippen molar-refractivity contribution in [3.8, 4) is 0 Å². The van der Waals surface area contributed by atoms with Gasteiger partial charge in [-0.05, 0) is 40.5 Å². The van der Waals surface area contributed by atoms with E-state index in [0.29, 0.717) is 10.4 Å². The zero-order valence-corrected chi connectivity index (χ0v) is 11.6. The lowest BCUT2D eigenvalue weighted by atomic mass is 10.1. The van der Waals surface area contributed by atoms with Crippen LogP contribution in [-0.2, 0) is 6.42 Å². The molecule has 0 spiro atoms. The Labute approximate surface area is 111 Å². The molecule has 1 heterocycles. The number of rotatable bonds is 3. The number of hydrogen-bond donors (Lipinski definition) is 0. The fraction of sp³-hybridized carbons (Fsp3) is 0.154. The summed E-state index contributed by atoms with van der Waals surface area (Å²) in [4.78, 5) is 13.7. The van der Waals surface area contributed by atoms with Crippen molar-refractivity contribution >= 4 is 33.0 Å². The van der Waals surface area contributed by atoms with E-state index in [-0.39, 0.29) is 18.0 Å². The van der Waals surface area contributed by atoms with Gasteiger partial charge >= 0.3 is 0 Å². The highest BCUT2D eigenvalue weighted by Gasteiger charge is 2.13. The number of ketones is 1. The Kier molecular flexibility index (Phi) is 3.74. The number of carbonyl (C=O) groups is 1. The van der Waals surface area contributed by atoms with Crippen LogP contribution in [0.3, 0.4) is 0 Å². The highest BCUT2D eigenvalue weighted by Crippen LogP contribution is 2.27. The lowest BCUT2D eigenvalue weighted by Crippen LogP contribution is -2.02. The second-order valence-electron chi connectivity index (χ2n) is 3.71. The van der Waals surface area contributed by atoms with Gasteiger partial charge in [-0.1, -0.05) is 18.2 Å². The van der Waals surface area contributed by atoms with Crippen LogP contribution in [0.4, 0.5) is 4.39 Å². The van der Waals surface area contributed by atoms with Crippen LogP contribution >= 0.6 is 27.3 Å². The van der Waals surface area contributed by atoms with Gasteiger partial charge in [0.15, 0.2) is 5.78 Å². The zero-order valence-electron chi connectivity index (χ0n) is 9.17. The van der Waals surface area contributed by atoms with Crippen LogP contribution in [0, 0.1) is 12.7 Å². The molecule has 88 valence electrons. The lowest BCUT2D eigenvalue weighted by Gasteiger charge is -2.00. The molecule has 2 rings (SSSR count). The SMILES string of the molecule is Cc1sc(C(=O)Cc2ccccc2F)cc1Br. The first-order valence-corrected chi connectivity index (χ1v) is 6.71. The summed E-state index contributed by atoms with van der Waals surface area (Å²) in [5, 5.41) is 0. The molecule has 0 fully saturated rings. The molecule has 1 aromatic heterocycles. The van der Waals surface area contributed by atoms with E-state index in [1.54, 1.807) is 24.3 Å². The van der Waals surface area contributed by atoms with Crippen LogP contribution in [0.15, 0.2) is 34.8 Å². The number of benzene rings is 1. The second-order valence-corrected chi connectivity index (χ2v) is 5.82. The van der Waals surface area contributed by atoms with Crippen molar-refractivity contribution in [3.05, 3.63) is 55.9 Å². The van der Waals surface area contributed by atoms with Gasteiger partial charge in [0.25, 0.3) is 0 Å². The minimum Gasteiger partial charge on any atom is -0.293 e. The Morgan fingerprint density at radius 3 is 2.71 bits per heavy atom. The Bertz CT molecular complexity index is 543. The summed E-state index contributed by atoms with van der Waals surface area (Å²) in [6.45, 7) is 1.94. The molecule has 2 aromatic rings. The van der Waals surface area contributed by atoms with Crippen molar-refractivity contribution < 1.29 is 9.18 Å². The van der Waals surface area contributed by atoms with Crippen LogP contribution in [0.2, 0.25) is 0 Å². The number of thiophene rings is 1. The molecule has 0 radical (unpaired) electrons. The van der Waals surface area contributed by atoms with Gasteiger partial charge < -0.3 is 0 Å². The third-order valence-electron chi connectivity index (χ3n) is 2.44. The Hall–Kier alpha value is -1.00. The van der Waals surface area contributed by atoms with E-state index in [2.05, 4.69) is 15.9 Å². The molecule has 0 unspecified atom stereocenters. The fourth-order valence-electron chi connectivity index (χ4n) is 1.50. The largest absolute Gasteiger partial charge is 0.293 e. The van der Waals surface area contributed by atoms with Gasteiger partial charge in [0.05, 0.1) is 4.88 Å². The van der Waals surface area contributed by atoms with Crippen molar-refractivity contribution in [2.75, 3.05) is 0 Å². The quantitative estimate of drug-likeness (QED) is 0.768. The molecular weight excluding hydrogens is 303 g/mol.